The van der Waals surface area contributed by atoms with E-state index in [1.54, 1.807) is 78.9 Å². The molecule has 9 nitrogen and oxygen atoms in total. The molecule has 0 spiro atoms. The average molecular weight is 626 g/mol. The molecule has 1 saturated heterocycles. The molecule has 2 aliphatic rings. The number of nitrogens with zero attached hydrogens (tertiary/aromatic N) is 2. The number of carbonyl (C=O) groups is 1. The summed E-state index contributed by atoms with van der Waals surface area (Å²) in [6.07, 6.45) is -6.28. The maximum Gasteiger partial charge on any atom is 0.573 e. The van der Waals surface area contributed by atoms with E-state index in [0.29, 0.717) is 28.4 Å². The van der Waals surface area contributed by atoms with Crippen LogP contribution in [0, 0.1) is 0 Å². The highest BCUT2D eigenvalue weighted by Crippen LogP contribution is 2.48. The lowest BCUT2D eigenvalue weighted by molar-refractivity contribution is -0.274. The van der Waals surface area contributed by atoms with Crippen LogP contribution in [-0.4, -0.2) is 62.0 Å². The first kappa shape index (κ1) is 29.5. The summed E-state index contributed by atoms with van der Waals surface area (Å²) in [5, 5.41) is 11.8. The molecule has 0 aromatic heterocycles. The normalized spacial score (nSPS) is 19.9. The zero-order valence-corrected chi connectivity index (χ0v) is 23.7. The molecular weight excluding hydrogens is 599 g/mol. The number of anilines is 2. The first-order chi connectivity index (χ1) is 21.0. The monoisotopic (exact) mass is 625 g/mol. The van der Waals surface area contributed by atoms with Crippen LogP contribution in [0.15, 0.2) is 108 Å². The number of aliphatic hydroxyl groups is 1. The van der Waals surface area contributed by atoms with Gasteiger partial charge in [-0.25, -0.2) is 13.1 Å². The highest BCUT2D eigenvalue weighted by molar-refractivity contribution is 7.89. The third-order valence-electron chi connectivity index (χ3n) is 7.41. The van der Waals surface area contributed by atoms with Crippen molar-refractivity contribution in [2.45, 2.75) is 29.4 Å². The predicted octanol–water partition coefficient (Wildman–Crippen LogP) is 5.06. The van der Waals surface area contributed by atoms with Gasteiger partial charge in [-0.2, -0.15) is 0 Å². The Morgan fingerprint density at radius 3 is 2.00 bits per heavy atom. The number of sulfonamides is 1. The molecule has 0 radical (unpaired) electrons. The minimum absolute atomic E-state index is 0.0409. The second kappa shape index (κ2) is 11.5. The van der Waals surface area contributed by atoms with Crippen LogP contribution in [0.4, 0.5) is 24.5 Å². The molecule has 1 amide bonds. The van der Waals surface area contributed by atoms with Gasteiger partial charge in [-0.05, 0) is 60.7 Å². The van der Waals surface area contributed by atoms with E-state index in [9.17, 15) is 31.5 Å². The summed E-state index contributed by atoms with van der Waals surface area (Å²) in [6, 6.07) is 24.5. The van der Waals surface area contributed by atoms with E-state index < -0.39 is 40.3 Å². The third kappa shape index (κ3) is 5.94. The molecule has 4 aromatic carbocycles. The smallest absolute Gasteiger partial charge is 0.453 e. The van der Waals surface area contributed by atoms with Crippen molar-refractivity contribution in [3.63, 3.8) is 0 Å². The maximum atomic E-state index is 13.7. The van der Waals surface area contributed by atoms with Crippen molar-refractivity contribution in [1.82, 2.24) is 9.62 Å². The van der Waals surface area contributed by atoms with E-state index in [-0.39, 0.29) is 23.9 Å². The second-order valence-electron chi connectivity index (χ2n) is 10.3. The van der Waals surface area contributed by atoms with Crippen LogP contribution in [0.5, 0.6) is 17.2 Å². The molecule has 6 rings (SSSR count). The predicted molar refractivity (Wildman–Crippen MR) is 154 cm³/mol. The van der Waals surface area contributed by atoms with Crippen molar-refractivity contribution in [1.29, 1.82) is 0 Å². The summed E-state index contributed by atoms with van der Waals surface area (Å²) in [6.45, 7) is -0.132. The van der Waals surface area contributed by atoms with Gasteiger partial charge in [0.15, 0.2) is 11.5 Å². The number of benzene rings is 4. The van der Waals surface area contributed by atoms with E-state index in [4.69, 9.17) is 4.74 Å². The molecule has 44 heavy (non-hydrogen) atoms. The van der Waals surface area contributed by atoms with Crippen molar-refractivity contribution in [3.05, 3.63) is 109 Å². The van der Waals surface area contributed by atoms with Crippen molar-refractivity contribution < 1.29 is 41.0 Å². The number of fused-ring (bicyclic) bond motifs is 2. The van der Waals surface area contributed by atoms with Crippen molar-refractivity contribution in [2.24, 2.45) is 0 Å². The second-order valence-corrected chi connectivity index (χ2v) is 12.0. The number of ether oxygens (including phenoxy) is 2. The highest BCUT2D eigenvalue weighted by Gasteiger charge is 2.45. The number of nitrogens with one attached hydrogen (secondary N) is 1. The Bertz CT molecular complexity index is 1730. The Balaban J connectivity index is 1.37. The minimum atomic E-state index is -4.94. The molecule has 2 heterocycles. The van der Waals surface area contributed by atoms with E-state index in [0.717, 1.165) is 24.3 Å². The number of piperidine rings is 1. The molecule has 4 aromatic rings. The average Bonchev–Trinajstić information content (AvgIpc) is 3.00. The van der Waals surface area contributed by atoms with Gasteiger partial charge in [-0.15, -0.1) is 13.2 Å². The van der Waals surface area contributed by atoms with E-state index in [1.165, 1.54) is 4.90 Å². The molecule has 0 saturated carbocycles. The number of carbonyl (C=O) groups excluding carboxylic acids is 1. The molecule has 2 N–H and O–H groups in total. The molecule has 1 fully saturated rings. The van der Waals surface area contributed by atoms with Crippen LogP contribution >= 0.6 is 0 Å². The first-order valence-electron chi connectivity index (χ1n) is 13.6. The fraction of sp³-hybridized carbons (Fsp3) is 0.194. The summed E-state index contributed by atoms with van der Waals surface area (Å²) in [4.78, 5) is 16.6. The van der Waals surface area contributed by atoms with Gasteiger partial charge >= 0.3 is 6.36 Å². The molecule has 0 aliphatic carbocycles. The van der Waals surface area contributed by atoms with Crippen LogP contribution < -0.4 is 19.1 Å². The van der Waals surface area contributed by atoms with Gasteiger partial charge < -0.3 is 24.4 Å². The van der Waals surface area contributed by atoms with Crippen LogP contribution in [0.2, 0.25) is 0 Å². The highest BCUT2D eigenvalue weighted by atomic mass is 32.2. The number of hydrogen-bond acceptors (Lipinski definition) is 7. The van der Waals surface area contributed by atoms with Gasteiger partial charge in [0.25, 0.3) is 5.91 Å². The molecule has 0 bridgehead atoms. The lowest BCUT2D eigenvalue weighted by Crippen LogP contribution is -2.66. The van der Waals surface area contributed by atoms with E-state index in [2.05, 4.69) is 9.46 Å². The summed E-state index contributed by atoms with van der Waals surface area (Å²) >= 11 is 0. The number of halogens is 3. The Kier molecular flexibility index (Phi) is 7.70. The third-order valence-corrected chi connectivity index (χ3v) is 8.92. The standard InChI is InChI=1S/C31H26F3N3O6S/c32-31(33,34)43-21-14-16-22(17-15-21)44(40,41)35-23-18-36(30(39)20-8-2-1-3-9-20)19-26(29(23)38)37-24-10-4-6-12-27(24)42-28-13-7-5-11-25(28)37/h1-17,23,26,29,35,38H,18-19H2/t23-,26+,29+/m1/s1. The first-order valence-corrected chi connectivity index (χ1v) is 15.0. The largest absolute Gasteiger partial charge is 0.573 e. The molecule has 0 unspecified atom stereocenters. The number of para-hydroxylation sites is 4. The Labute approximate surface area is 251 Å². The van der Waals surface area contributed by atoms with Crippen LogP contribution in [-0.2, 0) is 10.0 Å². The van der Waals surface area contributed by atoms with Crippen molar-refractivity contribution in [3.8, 4) is 17.2 Å². The number of aliphatic hydroxyl groups excluding tert-OH is 1. The topological polar surface area (TPSA) is 108 Å². The molecular formula is C31H26F3N3O6S. The Morgan fingerprint density at radius 2 is 1.41 bits per heavy atom. The molecule has 13 heteroatoms. The fourth-order valence-electron chi connectivity index (χ4n) is 5.47. The zero-order valence-electron chi connectivity index (χ0n) is 22.9. The summed E-state index contributed by atoms with van der Waals surface area (Å²) in [5.74, 6) is 0.0834. The number of likely N-dealkylation sites (tertiary alicyclic amines) is 1. The summed E-state index contributed by atoms with van der Waals surface area (Å²) in [7, 11) is -4.37. The summed E-state index contributed by atoms with van der Waals surface area (Å²) in [5.41, 5.74) is 1.62. The van der Waals surface area contributed by atoms with Gasteiger partial charge in [0.2, 0.25) is 10.0 Å². The number of hydrogen-bond donors (Lipinski definition) is 2. The quantitative estimate of drug-likeness (QED) is 0.308. The minimum Gasteiger partial charge on any atom is -0.453 e. The van der Waals surface area contributed by atoms with Gasteiger partial charge in [0.05, 0.1) is 34.5 Å². The van der Waals surface area contributed by atoms with Crippen LogP contribution in [0.3, 0.4) is 0 Å². The number of alkyl halides is 3. The molecule has 3 atom stereocenters. The Hall–Kier alpha value is -4.59. The number of amides is 1. The van der Waals surface area contributed by atoms with Gasteiger partial charge in [-0.3, -0.25) is 4.79 Å². The Morgan fingerprint density at radius 1 is 0.841 bits per heavy atom. The maximum absolute atomic E-state index is 13.7. The molecule has 228 valence electrons. The van der Waals surface area contributed by atoms with Gasteiger partial charge in [0.1, 0.15) is 5.75 Å². The molecule has 2 aliphatic heterocycles. The lowest BCUT2D eigenvalue weighted by Gasteiger charge is -2.48. The number of rotatable bonds is 6. The van der Waals surface area contributed by atoms with E-state index in [1.807, 2.05) is 4.90 Å². The van der Waals surface area contributed by atoms with Gasteiger partial charge in [0, 0.05) is 18.7 Å². The fourth-order valence-corrected chi connectivity index (χ4v) is 6.71. The van der Waals surface area contributed by atoms with E-state index >= 15 is 0 Å². The lowest BCUT2D eigenvalue weighted by atomic mass is 9.94. The van der Waals surface area contributed by atoms with Crippen LogP contribution in [0.25, 0.3) is 0 Å². The van der Waals surface area contributed by atoms with Crippen molar-refractivity contribution >= 4 is 27.3 Å². The van der Waals surface area contributed by atoms with Crippen molar-refractivity contribution in [2.75, 3.05) is 18.0 Å². The zero-order chi connectivity index (χ0) is 31.1. The van der Waals surface area contributed by atoms with Crippen LogP contribution in [0.1, 0.15) is 10.4 Å². The van der Waals surface area contributed by atoms with Gasteiger partial charge in [-0.1, -0.05) is 42.5 Å². The SMILES string of the molecule is O=C(c1ccccc1)N1C[C@@H](NS(=O)(=O)c2ccc(OC(F)(F)F)cc2)[C@H](O)[C@@H](N2c3ccccc3Oc3ccccc32)C1. The summed E-state index contributed by atoms with van der Waals surface area (Å²) < 4.78 is 77.1.